The molecule has 4 aromatic rings. The van der Waals surface area contributed by atoms with E-state index in [0.717, 1.165) is 5.39 Å². The zero-order valence-electron chi connectivity index (χ0n) is 14.6. The second kappa shape index (κ2) is 6.21. The van der Waals surface area contributed by atoms with Crippen molar-refractivity contribution in [3.63, 3.8) is 0 Å². The minimum atomic E-state index is -0.601. The topological polar surface area (TPSA) is 78.2 Å². The molecule has 2 aromatic heterocycles. The van der Waals surface area contributed by atoms with E-state index in [-0.39, 0.29) is 10.7 Å². The predicted octanol–water partition coefficient (Wildman–Crippen LogP) is 3.30. The summed E-state index contributed by atoms with van der Waals surface area (Å²) in [6.45, 7) is 0. The van der Waals surface area contributed by atoms with E-state index in [9.17, 15) is 9.18 Å². The number of anilines is 1. The molecule has 0 aliphatic carbocycles. The smallest absolute Gasteiger partial charge is 0.279 e. The molecule has 2 aromatic carbocycles. The first-order valence-corrected chi connectivity index (χ1v) is 8.48. The van der Waals surface area contributed by atoms with Crippen LogP contribution in [-0.2, 0) is 7.05 Å². The molecule has 0 fully saturated rings. The largest absolute Gasteiger partial charge is 0.394 e. The molecule has 0 bridgehead atoms. The van der Waals surface area contributed by atoms with E-state index in [4.69, 9.17) is 17.3 Å². The third kappa shape index (κ3) is 2.59. The molecule has 0 radical (unpaired) electrons. The lowest BCUT2D eigenvalue weighted by Gasteiger charge is -2.15. The van der Waals surface area contributed by atoms with Gasteiger partial charge in [-0.1, -0.05) is 23.7 Å². The molecule has 0 unspecified atom stereocenters. The van der Waals surface area contributed by atoms with Crippen LogP contribution in [0.4, 0.5) is 10.1 Å². The summed E-state index contributed by atoms with van der Waals surface area (Å²) in [4.78, 5) is 17.1. The van der Waals surface area contributed by atoms with Crippen LogP contribution in [0.25, 0.3) is 27.5 Å². The maximum Gasteiger partial charge on any atom is 0.279 e. The number of fused-ring (bicyclic) bond motifs is 2. The van der Waals surface area contributed by atoms with Gasteiger partial charge in [0.15, 0.2) is 0 Å². The van der Waals surface area contributed by atoms with E-state index in [2.05, 4.69) is 10.1 Å². The number of rotatable bonds is 2. The van der Waals surface area contributed by atoms with Crippen LogP contribution in [0.15, 0.2) is 46.3 Å². The summed E-state index contributed by atoms with van der Waals surface area (Å²) in [6.07, 6.45) is 3.29. The Labute approximate surface area is 158 Å². The van der Waals surface area contributed by atoms with E-state index in [1.54, 1.807) is 24.8 Å². The summed E-state index contributed by atoms with van der Waals surface area (Å²) < 4.78 is 17.2. The molecule has 27 heavy (non-hydrogen) atoms. The van der Waals surface area contributed by atoms with E-state index < -0.39 is 11.4 Å². The Morgan fingerprint density at radius 1 is 1.33 bits per heavy atom. The first kappa shape index (κ1) is 17.2. The van der Waals surface area contributed by atoms with Crippen molar-refractivity contribution in [3.8, 4) is 5.69 Å². The average Bonchev–Trinajstić information content (AvgIpc) is 3.02. The average molecular weight is 384 g/mol. The van der Waals surface area contributed by atoms with Crippen molar-refractivity contribution in [2.45, 2.75) is 0 Å². The van der Waals surface area contributed by atoms with Crippen molar-refractivity contribution in [1.82, 2.24) is 14.3 Å². The summed E-state index contributed by atoms with van der Waals surface area (Å²) in [6, 6.07) is 8.16. The van der Waals surface area contributed by atoms with Crippen LogP contribution < -0.4 is 11.3 Å². The highest BCUT2D eigenvalue weighted by atomic mass is 35.5. The van der Waals surface area contributed by atoms with E-state index >= 15 is 0 Å². The summed E-state index contributed by atoms with van der Waals surface area (Å²) in [5, 5.41) is 5.66. The van der Waals surface area contributed by atoms with Gasteiger partial charge < -0.3 is 5.73 Å². The Bertz CT molecular complexity index is 1310. The lowest BCUT2D eigenvalue weighted by atomic mass is 10.1. The minimum absolute atomic E-state index is 0.0252. The molecule has 0 saturated heterocycles. The van der Waals surface area contributed by atoms with Gasteiger partial charge in [-0.05, 0) is 18.2 Å². The number of halogens is 2. The summed E-state index contributed by atoms with van der Waals surface area (Å²) in [7, 11) is 3.35. The molecule has 2 N–H and O–H groups in total. The van der Waals surface area contributed by atoms with Crippen LogP contribution in [-0.4, -0.2) is 27.6 Å². The number of aliphatic imine (C=N–C) groups is 1. The number of pyridine rings is 1. The second-order valence-corrected chi connectivity index (χ2v) is 6.56. The van der Waals surface area contributed by atoms with Crippen LogP contribution in [0.1, 0.15) is 5.56 Å². The van der Waals surface area contributed by atoms with Crippen molar-refractivity contribution < 1.29 is 4.39 Å². The van der Waals surface area contributed by atoms with Crippen LogP contribution in [0, 0.1) is 5.82 Å². The van der Waals surface area contributed by atoms with Crippen LogP contribution in [0.2, 0.25) is 5.02 Å². The number of nitrogens with zero attached hydrogens (tertiary/aromatic N) is 4. The van der Waals surface area contributed by atoms with Crippen molar-refractivity contribution in [2.75, 3.05) is 12.8 Å². The number of nitrogens with two attached hydrogens (primary N) is 1. The van der Waals surface area contributed by atoms with Gasteiger partial charge in [0.05, 0.1) is 16.2 Å². The normalized spacial score (nSPS) is 11.9. The molecule has 0 aliphatic heterocycles. The number of nitrogen functional groups attached to an aromatic ring is 1. The molecule has 0 saturated carbocycles. The quantitative estimate of drug-likeness (QED) is 0.539. The highest BCUT2D eigenvalue weighted by Crippen LogP contribution is 2.30. The first-order valence-electron chi connectivity index (χ1n) is 8.10. The lowest BCUT2D eigenvalue weighted by Crippen LogP contribution is -2.24. The van der Waals surface area contributed by atoms with Crippen molar-refractivity contribution >= 4 is 45.3 Å². The fourth-order valence-corrected chi connectivity index (χ4v) is 3.42. The van der Waals surface area contributed by atoms with Gasteiger partial charge in [0.2, 0.25) is 0 Å². The third-order valence-electron chi connectivity index (χ3n) is 4.42. The Morgan fingerprint density at radius 2 is 2.11 bits per heavy atom. The molecule has 8 heteroatoms. The molecular formula is C19H15ClFN5O. The first-order chi connectivity index (χ1) is 12.9. The highest BCUT2D eigenvalue weighted by Gasteiger charge is 2.19. The van der Waals surface area contributed by atoms with Gasteiger partial charge in [-0.2, -0.15) is 5.10 Å². The van der Waals surface area contributed by atoms with Crippen LogP contribution in [0.3, 0.4) is 0 Å². The fraction of sp³-hybridized carbons (Fsp3) is 0.105. The molecule has 6 nitrogen and oxygen atoms in total. The Kier molecular flexibility index (Phi) is 3.96. The van der Waals surface area contributed by atoms with Gasteiger partial charge in [-0.3, -0.25) is 19.0 Å². The van der Waals surface area contributed by atoms with Gasteiger partial charge >= 0.3 is 0 Å². The van der Waals surface area contributed by atoms with E-state index in [1.807, 2.05) is 18.3 Å². The van der Waals surface area contributed by atoms with Crippen molar-refractivity contribution in [1.29, 1.82) is 0 Å². The van der Waals surface area contributed by atoms with E-state index in [1.165, 1.54) is 22.9 Å². The number of hydrogen-bond acceptors (Lipinski definition) is 4. The lowest BCUT2D eigenvalue weighted by molar-refractivity contribution is 0.630. The predicted molar refractivity (Wildman–Crippen MR) is 107 cm³/mol. The second-order valence-electron chi connectivity index (χ2n) is 6.16. The van der Waals surface area contributed by atoms with E-state index in [0.29, 0.717) is 27.7 Å². The third-order valence-corrected chi connectivity index (χ3v) is 4.71. The number of benzene rings is 2. The van der Waals surface area contributed by atoms with Gasteiger partial charge in [-0.15, -0.1) is 0 Å². The van der Waals surface area contributed by atoms with Gasteiger partial charge in [0.1, 0.15) is 17.0 Å². The van der Waals surface area contributed by atoms with Crippen molar-refractivity contribution in [3.05, 3.63) is 63.3 Å². The zero-order chi connectivity index (χ0) is 19.3. The molecular weight excluding hydrogens is 369 g/mol. The van der Waals surface area contributed by atoms with Crippen molar-refractivity contribution in [2.24, 2.45) is 12.0 Å². The Morgan fingerprint density at radius 3 is 2.85 bits per heavy atom. The Hall–Kier alpha value is -3.19. The Balaban J connectivity index is 2.24. The highest BCUT2D eigenvalue weighted by molar-refractivity contribution is 6.31. The zero-order valence-corrected chi connectivity index (χ0v) is 15.3. The molecule has 0 spiro atoms. The number of aromatic nitrogens is 3. The molecule has 0 amide bonds. The maximum atomic E-state index is 14.2. The molecule has 2 heterocycles. The van der Waals surface area contributed by atoms with Gasteiger partial charge in [0.25, 0.3) is 5.56 Å². The summed E-state index contributed by atoms with van der Waals surface area (Å²) in [5.41, 5.74) is 7.58. The fourth-order valence-electron chi connectivity index (χ4n) is 3.26. The minimum Gasteiger partial charge on any atom is -0.394 e. The summed E-state index contributed by atoms with van der Waals surface area (Å²) in [5.74, 6) is -0.601. The van der Waals surface area contributed by atoms with Gasteiger partial charge in [0, 0.05) is 42.8 Å². The monoisotopic (exact) mass is 383 g/mol. The molecule has 136 valence electrons. The standard InChI is InChI=1S/C19H15ClFN5O/c1-23-8-12-11-6-14(21)13(20)7-16(11)26(19(27)17(12)22)15-5-3-4-10-9-25(2)24-18(10)15/h3-9H,22H2,1-2H3. The van der Waals surface area contributed by atoms with Crippen LogP contribution in [0.5, 0.6) is 0 Å². The molecule has 0 atom stereocenters. The molecule has 4 rings (SSSR count). The molecule has 0 aliphatic rings. The van der Waals surface area contributed by atoms with Gasteiger partial charge in [-0.25, -0.2) is 4.39 Å². The maximum absolute atomic E-state index is 14.2. The number of aryl methyl sites for hydroxylation is 1. The number of hydrogen-bond donors (Lipinski definition) is 1. The summed E-state index contributed by atoms with van der Waals surface area (Å²) >= 11 is 6.02. The van der Waals surface area contributed by atoms with Crippen LogP contribution >= 0.6 is 11.6 Å². The SMILES string of the molecule is CN=Cc1c(N)c(=O)n(-c2cccc3cn(C)nc23)c2cc(Cl)c(F)cc12.